The molecule has 1 aromatic heterocycles. The normalized spacial score (nSPS) is 12.8. The van der Waals surface area contributed by atoms with Crippen LogP contribution in [0.4, 0.5) is 4.39 Å². The predicted octanol–water partition coefficient (Wildman–Crippen LogP) is 3.13. The van der Waals surface area contributed by atoms with Crippen molar-refractivity contribution in [1.82, 2.24) is 15.9 Å². The third-order valence-corrected chi connectivity index (χ3v) is 10.0. The van der Waals surface area contributed by atoms with E-state index in [1.807, 2.05) is 6.07 Å². The predicted molar refractivity (Wildman–Crippen MR) is 162 cm³/mol. The molecule has 0 aliphatic carbocycles. The first-order valence-corrected chi connectivity index (χ1v) is 16.3. The molecule has 0 bridgehead atoms. The van der Waals surface area contributed by atoms with Gasteiger partial charge in [0.25, 0.3) is 0 Å². The molecule has 3 aromatic rings. The number of hydrogen-bond acceptors (Lipinski definition) is 10. The van der Waals surface area contributed by atoms with Crippen LogP contribution in [0.3, 0.4) is 0 Å². The number of ketones is 1. The molecule has 46 heavy (non-hydrogen) atoms. The standard InChI is InChI=1S/C31H36FN3O10Se/c1-4-17(31(39)34-41)10-21(36)26-13-18-11-22(42-2)23(14-25(18)46-26)44-8-5-9-45-30-24(43-3)12-19-15-35(16-20(19)29(30)32)28(38)7-6-27(37)33-40/h11-14,17,40-41H,4-10,15-16H2,1-3H3,(H,33,37)(H,34,39)/t17-/m0/s1. The molecule has 15 heteroatoms. The van der Waals surface area contributed by atoms with Crippen molar-refractivity contribution in [3.8, 4) is 23.0 Å². The second-order valence-electron chi connectivity index (χ2n) is 10.6. The van der Waals surface area contributed by atoms with Crippen molar-refractivity contribution in [2.24, 2.45) is 5.92 Å². The monoisotopic (exact) mass is 709 g/mol. The van der Waals surface area contributed by atoms with E-state index in [9.17, 15) is 19.2 Å². The summed E-state index contributed by atoms with van der Waals surface area (Å²) in [5, 5.41) is 18.4. The summed E-state index contributed by atoms with van der Waals surface area (Å²) < 4.78 is 39.6. The van der Waals surface area contributed by atoms with Gasteiger partial charge < -0.3 is 4.90 Å². The third-order valence-electron chi connectivity index (χ3n) is 7.63. The number of rotatable bonds is 16. The molecule has 13 nitrogen and oxygen atoms in total. The Hall–Kier alpha value is -4.17. The number of carbonyl (C=O) groups excluding carboxylic acids is 4. The van der Waals surface area contributed by atoms with Crippen molar-refractivity contribution in [2.75, 3.05) is 27.4 Å². The molecule has 0 saturated heterocycles. The second kappa shape index (κ2) is 15.9. The Labute approximate surface area is 270 Å². The summed E-state index contributed by atoms with van der Waals surface area (Å²) in [6.07, 6.45) is 0.492. The minimum atomic E-state index is -0.681. The average molecular weight is 709 g/mol. The van der Waals surface area contributed by atoms with Gasteiger partial charge in [-0.3, -0.25) is 14.8 Å². The van der Waals surface area contributed by atoms with E-state index in [0.29, 0.717) is 39.9 Å². The van der Waals surface area contributed by atoms with Crippen molar-refractivity contribution in [3.05, 3.63) is 45.6 Å². The summed E-state index contributed by atoms with van der Waals surface area (Å²) in [5.74, 6) is -1.92. The molecule has 4 N–H and O–H groups in total. The minimum absolute atomic E-state index is 0.00243. The molecule has 1 atom stereocenters. The first-order chi connectivity index (χ1) is 22.1. The van der Waals surface area contributed by atoms with E-state index in [1.165, 1.54) is 24.6 Å². The van der Waals surface area contributed by atoms with E-state index in [4.69, 9.17) is 29.4 Å². The Balaban J connectivity index is 1.36. The number of fused-ring (bicyclic) bond motifs is 2. The van der Waals surface area contributed by atoms with Gasteiger partial charge in [0.1, 0.15) is 0 Å². The number of hydroxylamine groups is 2. The van der Waals surface area contributed by atoms with Gasteiger partial charge in [0.2, 0.25) is 11.8 Å². The van der Waals surface area contributed by atoms with Gasteiger partial charge in [-0.05, 0) is 0 Å². The van der Waals surface area contributed by atoms with E-state index < -0.39 is 23.5 Å². The maximum absolute atomic E-state index is 15.5. The van der Waals surface area contributed by atoms with E-state index in [0.717, 1.165) is 9.65 Å². The molecule has 2 heterocycles. The molecular formula is C31H36FN3O10Se. The van der Waals surface area contributed by atoms with E-state index in [1.54, 1.807) is 30.6 Å². The Kier molecular flexibility index (Phi) is 12.0. The first kappa shape index (κ1) is 34.7. The molecule has 3 amide bonds. The van der Waals surface area contributed by atoms with Crippen molar-refractivity contribution in [2.45, 2.75) is 52.1 Å². The summed E-state index contributed by atoms with van der Waals surface area (Å²) in [5.41, 5.74) is 3.99. The van der Waals surface area contributed by atoms with Gasteiger partial charge in [0, 0.05) is 19.4 Å². The zero-order valence-electron chi connectivity index (χ0n) is 25.6. The Bertz CT molecular complexity index is 1610. The average Bonchev–Trinajstić information content (AvgIpc) is 3.70. The van der Waals surface area contributed by atoms with Crippen LogP contribution in [0.1, 0.15) is 59.4 Å². The van der Waals surface area contributed by atoms with Crippen LogP contribution in [0.25, 0.3) is 9.65 Å². The summed E-state index contributed by atoms with van der Waals surface area (Å²) in [4.78, 5) is 49.9. The Morgan fingerprint density at radius 1 is 0.957 bits per heavy atom. The van der Waals surface area contributed by atoms with E-state index in [2.05, 4.69) is 0 Å². The van der Waals surface area contributed by atoms with Crippen LogP contribution in [0.2, 0.25) is 0 Å². The number of methoxy groups -OCH3 is 2. The fraction of sp³-hybridized carbons (Fsp3) is 0.419. The van der Waals surface area contributed by atoms with Crippen LogP contribution in [-0.2, 0) is 27.5 Å². The molecule has 4 rings (SSSR count). The van der Waals surface area contributed by atoms with Gasteiger partial charge in [0.05, 0.1) is 0 Å². The van der Waals surface area contributed by atoms with E-state index >= 15 is 4.39 Å². The van der Waals surface area contributed by atoms with Crippen molar-refractivity contribution in [3.63, 3.8) is 0 Å². The molecule has 0 radical (unpaired) electrons. The fourth-order valence-corrected chi connectivity index (χ4v) is 7.21. The molecule has 0 unspecified atom stereocenters. The van der Waals surface area contributed by atoms with Crippen LogP contribution >= 0.6 is 0 Å². The van der Waals surface area contributed by atoms with Crippen molar-refractivity contribution < 1.29 is 52.9 Å². The van der Waals surface area contributed by atoms with Crippen LogP contribution in [0.5, 0.6) is 23.0 Å². The quantitative estimate of drug-likeness (QED) is 0.0570. The van der Waals surface area contributed by atoms with Crippen LogP contribution in [0.15, 0.2) is 24.3 Å². The summed E-state index contributed by atoms with van der Waals surface area (Å²) in [7, 11) is 2.91. The molecule has 248 valence electrons. The SMILES string of the molecule is CC[C@@H](CC(=O)c1cc2cc(OC)c(OCCCOc3c(OC)cc4c(c3F)CN(C(=O)CCC(=O)NO)C4)cc2[se]1)C(=O)NO. The summed E-state index contributed by atoms with van der Waals surface area (Å²) >= 11 is -0.302. The van der Waals surface area contributed by atoms with Gasteiger partial charge in [-0.1, -0.05) is 0 Å². The number of amides is 3. The molecule has 1 aliphatic heterocycles. The molecule has 2 aromatic carbocycles. The number of ether oxygens (including phenoxy) is 4. The van der Waals surface area contributed by atoms with Gasteiger partial charge >= 0.3 is 214 Å². The van der Waals surface area contributed by atoms with Crippen molar-refractivity contribution in [1.29, 1.82) is 0 Å². The second-order valence-corrected chi connectivity index (χ2v) is 12.8. The van der Waals surface area contributed by atoms with Gasteiger partial charge in [0.15, 0.2) is 0 Å². The zero-order valence-corrected chi connectivity index (χ0v) is 27.4. The van der Waals surface area contributed by atoms with Gasteiger partial charge in [-0.2, -0.15) is 0 Å². The maximum atomic E-state index is 15.5. The Morgan fingerprint density at radius 3 is 2.37 bits per heavy atom. The number of halogens is 1. The number of hydrogen-bond donors (Lipinski definition) is 4. The molecular weight excluding hydrogens is 672 g/mol. The molecule has 0 fully saturated rings. The number of benzene rings is 2. The number of nitrogens with one attached hydrogen (secondary N) is 2. The molecule has 0 saturated carbocycles. The van der Waals surface area contributed by atoms with Crippen LogP contribution < -0.4 is 29.9 Å². The van der Waals surface area contributed by atoms with Crippen LogP contribution in [-0.4, -0.2) is 80.8 Å². The third kappa shape index (κ3) is 7.97. The molecule has 0 spiro atoms. The number of nitrogens with zero attached hydrogens (tertiary/aromatic N) is 1. The fourth-order valence-electron chi connectivity index (χ4n) is 5.07. The van der Waals surface area contributed by atoms with Gasteiger partial charge in [-0.15, -0.1) is 0 Å². The van der Waals surface area contributed by atoms with Crippen LogP contribution in [0, 0.1) is 11.7 Å². The first-order valence-electron chi connectivity index (χ1n) is 14.6. The topological polar surface area (TPSA) is 173 Å². The Morgan fingerprint density at radius 2 is 1.70 bits per heavy atom. The molecule has 1 aliphatic rings. The summed E-state index contributed by atoms with van der Waals surface area (Å²) in [6, 6.07) is 7.05. The number of Topliss-reactive ketones (excluding diaryl/α,β-unsaturated/α-hetero) is 1. The van der Waals surface area contributed by atoms with Gasteiger partial charge in [-0.25, -0.2) is 5.48 Å². The van der Waals surface area contributed by atoms with Crippen molar-refractivity contribution >= 4 is 47.7 Å². The van der Waals surface area contributed by atoms with E-state index in [-0.39, 0.29) is 83.3 Å². The zero-order chi connectivity index (χ0) is 33.4. The summed E-state index contributed by atoms with van der Waals surface area (Å²) in [6.45, 7) is 2.27. The number of carbonyl (C=O) groups is 4.